The minimum Gasteiger partial charge on any atom is -0.320 e. The third-order valence-corrected chi connectivity index (χ3v) is 5.54. The summed E-state index contributed by atoms with van der Waals surface area (Å²) in [6.45, 7) is 6.97. The van der Waals surface area contributed by atoms with Gasteiger partial charge in [-0.1, -0.05) is 37.0 Å². The first-order valence-electron chi connectivity index (χ1n) is 6.37. The predicted octanol–water partition coefficient (Wildman–Crippen LogP) is 1.93. The Bertz CT molecular complexity index is 497. The number of hydrogen-bond acceptors (Lipinski definition) is 1. The zero-order valence-electron chi connectivity index (χ0n) is 12.2. The number of nitrogens with zero attached hydrogens (tertiary/aromatic N) is 1. The molecular formula is C14H23N2OSi+. The van der Waals surface area contributed by atoms with E-state index in [2.05, 4.69) is 64.3 Å². The molecule has 0 bridgehead atoms. The van der Waals surface area contributed by atoms with E-state index in [4.69, 9.17) is 0 Å². The molecule has 1 aromatic carbocycles. The molecule has 0 spiro atoms. The Morgan fingerprint density at radius 3 is 2.28 bits per heavy atom. The van der Waals surface area contributed by atoms with Gasteiger partial charge in [-0.05, 0) is 6.07 Å². The van der Waals surface area contributed by atoms with Crippen molar-refractivity contribution in [2.75, 3.05) is 26.5 Å². The molecule has 0 radical (unpaired) electrons. The first-order valence-corrected chi connectivity index (χ1v) is 9.87. The quantitative estimate of drug-likeness (QED) is 0.641. The van der Waals surface area contributed by atoms with Crippen LogP contribution in [0.2, 0.25) is 19.6 Å². The van der Waals surface area contributed by atoms with E-state index in [1.165, 1.54) is 5.19 Å². The van der Waals surface area contributed by atoms with E-state index in [1.807, 2.05) is 0 Å². The van der Waals surface area contributed by atoms with Crippen molar-refractivity contribution in [2.45, 2.75) is 25.7 Å². The molecule has 1 aliphatic heterocycles. The second-order valence-electron chi connectivity index (χ2n) is 7.06. The molecule has 0 aliphatic carbocycles. The van der Waals surface area contributed by atoms with Crippen LogP contribution < -0.4 is 10.5 Å². The lowest BCUT2D eigenvalue weighted by molar-refractivity contribution is -0.891. The van der Waals surface area contributed by atoms with Gasteiger partial charge in [0.25, 0.3) is 5.91 Å². The average Bonchev–Trinajstić information content (AvgIpc) is 2.49. The second kappa shape index (κ2) is 3.93. The number of benzene rings is 1. The predicted molar refractivity (Wildman–Crippen MR) is 78.8 cm³/mol. The molecule has 2 rings (SSSR count). The van der Waals surface area contributed by atoms with Gasteiger partial charge in [-0.3, -0.25) is 4.79 Å². The molecule has 1 aliphatic rings. The van der Waals surface area contributed by atoms with E-state index >= 15 is 0 Å². The first kappa shape index (κ1) is 13.3. The third kappa shape index (κ3) is 2.22. The smallest absolute Gasteiger partial charge is 0.287 e. The van der Waals surface area contributed by atoms with E-state index in [0.29, 0.717) is 4.48 Å². The minimum atomic E-state index is -1.32. The fourth-order valence-electron chi connectivity index (χ4n) is 2.48. The van der Waals surface area contributed by atoms with Crippen molar-refractivity contribution in [1.82, 2.24) is 0 Å². The highest BCUT2D eigenvalue weighted by molar-refractivity contribution is 6.88. The van der Waals surface area contributed by atoms with Crippen molar-refractivity contribution in [1.29, 1.82) is 0 Å². The van der Waals surface area contributed by atoms with Crippen LogP contribution in [0.4, 0.5) is 5.69 Å². The molecule has 3 nitrogen and oxygen atoms in total. The summed E-state index contributed by atoms with van der Waals surface area (Å²) < 4.78 is 0.630. The molecule has 0 saturated heterocycles. The van der Waals surface area contributed by atoms with Gasteiger partial charge >= 0.3 is 0 Å². The van der Waals surface area contributed by atoms with Crippen molar-refractivity contribution in [2.24, 2.45) is 0 Å². The summed E-state index contributed by atoms with van der Waals surface area (Å²) in [5.41, 5.74) is 2.15. The van der Waals surface area contributed by atoms with Gasteiger partial charge in [-0.15, -0.1) is 0 Å². The summed E-state index contributed by atoms with van der Waals surface area (Å²) in [5, 5.41) is 4.43. The molecule has 0 fully saturated rings. The molecule has 1 heterocycles. The maximum Gasteiger partial charge on any atom is 0.287 e. The Hall–Kier alpha value is -1.13. The number of rotatable bonds is 2. The Balaban J connectivity index is 2.48. The average molecular weight is 263 g/mol. The Morgan fingerprint density at radius 2 is 1.78 bits per heavy atom. The zero-order valence-corrected chi connectivity index (χ0v) is 13.2. The molecule has 1 N–H and O–H groups in total. The van der Waals surface area contributed by atoms with E-state index in [1.54, 1.807) is 0 Å². The van der Waals surface area contributed by atoms with Crippen LogP contribution in [-0.2, 0) is 4.79 Å². The van der Waals surface area contributed by atoms with Gasteiger partial charge in [0.15, 0.2) is 6.04 Å². The number of likely N-dealkylation sites (N-methyl/N-ethyl adjacent to an activating group) is 1. The van der Waals surface area contributed by atoms with Crippen LogP contribution >= 0.6 is 0 Å². The van der Waals surface area contributed by atoms with Gasteiger partial charge in [0.2, 0.25) is 0 Å². The number of carbonyl (C=O) groups excluding carboxylic acids is 1. The van der Waals surface area contributed by atoms with E-state index in [-0.39, 0.29) is 11.9 Å². The third-order valence-electron chi connectivity index (χ3n) is 3.49. The Morgan fingerprint density at radius 1 is 1.17 bits per heavy atom. The van der Waals surface area contributed by atoms with Crippen LogP contribution in [0.5, 0.6) is 0 Å². The Labute approximate surface area is 110 Å². The highest BCUT2D eigenvalue weighted by Gasteiger charge is 2.40. The molecular weight excluding hydrogens is 240 g/mol. The maximum atomic E-state index is 12.1. The summed E-state index contributed by atoms with van der Waals surface area (Å²) in [6, 6.07) is 6.42. The van der Waals surface area contributed by atoms with Crippen molar-refractivity contribution in [3.05, 3.63) is 23.8 Å². The summed E-state index contributed by atoms with van der Waals surface area (Å²) in [5.74, 6) is 0.116. The standard InChI is InChI=1S/C14H22N2OSi/c1-16(2,3)13-11-8-7-10(18(4,5)6)9-12(11)15-14(13)17/h7-9,13H,1-6H3/p+1. The van der Waals surface area contributed by atoms with E-state index in [0.717, 1.165) is 11.3 Å². The first-order chi connectivity index (χ1) is 8.10. The summed E-state index contributed by atoms with van der Waals surface area (Å²) in [7, 11) is 4.86. The number of nitrogens with one attached hydrogen (secondary N) is 1. The van der Waals surface area contributed by atoms with E-state index in [9.17, 15) is 4.79 Å². The van der Waals surface area contributed by atoms with E-state index < -0.39 is 8.07 Å². The molecule has 98 valence electrons. The number of anilines is 1. The molecule has 18 heavy (non-hydrogen) atoms. The number of carbonyl (C=O) groups is 1. The lowest BCUT2D eigenvalue weighted by Crippen LogP contribution is -2.42. The second-order valence-corrected chi connectivity index (χ2v) is 12.1. The fraction of sp³-hybridized carbons (Fsp3) is 0.500. The van der Waals surface area contributed by atoms with Crippen LogP contribution in [0.25, 0.3) is 0 Å². The number of fused-ring (bicyclic) bond motifs is 1. The number of amides is 1. The van der Waals surface area contributed by atoms with Crippen LogP contribution in [-0.4, -0.2) is 39.6 Å². The molecule has 0 saturated carbocycles. The monoisotopic (exact) mass is 263 g/mol. The number of hydrogen-bond donors (Lipinski definition) is 1. The van der Waals surface area contributed by atoms with Gasteiger partial charge in [0.1, 0.15) is 0 Å². The molecule has 0 aromatic heterocycles. The SMILES string of the molecule is C[N+](C)(C)C1C(=O)Nc2cc([Si](C)(C)C)ccc21. The lowest BCUT2D eigenvalue weighted by atomic mass is 10.1. The van der Waals surface area contributed by atoms with Crippen LogP contribution in [0.15, 0.2) is 18.2 Å². The number of quaternary nitrogens is 1. The summed E-state index contributed by atoms with van der Waals surface area (Å²) >= 11 is 0. The van der Waals surface area contributed by atoms with Crippen molar-refractivity contribution >= 4 is 24.9 Å². The molecule has 1 unspecified atom stereocenters. The molecule has 1 atom stereocenters. The van der Waals surface area contributed by atoms with Crippen molar-refractivity contribution in [3.63, 3.8) is 0 Å². The van der Waals surface area contributed by atoms with Gasteiger partial charge in [0.05, 0.1) is 34.9 Å². The normalized spacial score (nSPS) is 19.7. The fourth-order valence-corrected chi connectivity index (χ4v) is 3.64. The van der Waals surface area contributed by atoms with Crippen molar-refractivity contribution < 1.29 is 9.28 Å². The highest BCUT2D eigenvalue weighted by atomic mass is 28.3. The van der Waals surface area contributed by atoms with Crippen LogP contribution in [0, 0.1) is 0 Å². The van der Waals surface area contributed by atoms with Crippen LogP contribution in [0.1, 0.15) is 11.6 Å². The highest BCUT2D eigenvalue weighted by Crippen LogP contribution is 2.36. The summed E-state index contributed by atoms with van der Waals surface area (Å²) in [4.78, 5) is 12.1. The molecule has 1 aromatic rings. The largest absolute Gasteiger partial charge is 0.320 e. The topological polar surface area (TPSA) is 29.1 Å². The van der Waals surface area contributed by atoms with Gasteiger partial charge < -0.3 is 9.80 Å². The lowest BCUT2D eigenvalue weighted by Gasteiger charge is -2.29. The maximum absolute atomic E-state index is 12.1. The van der Waals surface area contributed by atoms with Crippen LogP contribution in [0.3, 0.4) is 0 Å². The van der Waals surface area contributed by atoms with Gasteiger partial charge in [0, 0.05) is 5.56 Å². The van der Waals surface area contributed by atoms with Gasteiger partial charge in [-0.2, -0.15) is 0 Å². The van der Waals surface area contributed by atoms with Gasteiger partial charge in [-0.25, -0.2) is 0 Å². The zero-order chi connectivity index (χ0) is 13.7. The molecule has 1 amide bonds. The Kier molecular flexibility index (Phi) is 2.91. The summed E-state index contributed by atoms with van der Waals surface area (Å²) in [6.07, 6.45) is 0. The minimum absolute atomic E-state index is 0.0873. The molecule has 4 heteroatoms. The van der Waals surface area contributed by atoms with Crippen molar-refractivity contribution in [3.8, 4) is 0 Å².